The van der Waals surface area contributed by atoms with E-state index in [-0.39, 0.29) is 23.2 Å². The minimum atomic E-state index is -0.974. The Morgan fingerprint density at radius 2 is 1.44 bits per heavy atom. The van der Waals surface area contributed by atoms with Crippen LogP contribution in [-0.2, 0) is 9.59 Å². The highest BCUT2D eigenvalue weighted by molar-refractivity contribution is 6.30. The number of esters is 1. The van der Waals surface area contributed by atoms with E-state index in [4.69, 9.17) is 32.7 Å². The standard InChI is InChI=1S/C28H30Cl2N4O5/c1-16(2)28(37)39-25-22(38-5)14-15-31-23(25)27(36)32-17(3)26(35)33-34(4)24(18-6-10-20(29)11-7-18)19-8-12-21(30)13-9-19/h6-17,24H,1-5H3,(H,32,36)(H,33,35)/t17-/m0/s1. The minimum Gasteiger partial charge on any atom is -0.493 e. The summed E-state index contributed by atoms with van der Waals surface area (Å²) in [5, 5.41) is 5.41. The fourth-order valence-corrected chi connectivity index (χ4v) is 3.92. The number of halogens is 2. The molecular weight excluding hydrogens is 543 g/mol. The molecule has 0 saturated carbocycles. The number of carbonyl (C=O) groups is 3. The smallest absolute Gasteiger partial charge is 0.313 e. The lowest BCUT2D eigenvalue weighted by molar-refractivity contribution is -0.138. The molecule has 0 aliphatic rings. The Kier molecular flexibility index (Phi) is 10.3. The van der Waals surface area contributed by atoms with Crippen molar-refractivity contribution in [3.63, 3.8) is 0 Å². The molecule has 2 aromatic carbocycles. The first-order chi connectivity index (χ1) is 18.5. The van der Waals surface area contributed by atoms with Gasteiger partial charge in [-0.1, -0.05) is 61.3 Å². The lowest BCUT2D eigenvalue weighted by Crippen LogP contribution is -2.51. The molecule has 39 heavy (non-hydrogen) atoms. The first-order valence-electron chi connectivity index (χ1n) is 12.1. The highest BCUT2D eigenvalue weighted by Crippen LogP contribution is 2.31. The number of nitrogens with one attached hydrogen (secondary N) is 2. The maximum absolute atomic E-state index is 13.1. The van der Waals surface area contributed by atoms with E-state index in [9.17, 15) is 14.4 Å². The van der Waals surface area contributed by atoms with Crippen LogP contribution in [0.4, 0.5) is 0 Å². The second-order valence-corrected chi connectivity index (χ2v) is 9.93. The molecule has 1 atom stereocenters. The molecule has 9 nitrogen and oxygen atoms in total. The summed E-state index contributed by atoms with van der Waals surface area (Å²) in [6, 6.07) is 14.6. The Labute approximate surface area is 237 Å². The van der Waals surface area contributed by atoms with Crippen LogP contribution in [0.3, 0.4) is 0 Å². The predicted octanol–water partition coefficient (Wildman–Crippen LogP) is 4.83. The number of pyridine rings is 1. The first kappa shape index (κ1) is 29.9. The number of rotatable bonds is 10. The predicted molar refractivity (Wildman–Crippen MR) is 149 cm³/mol. The third-order valence-electron chi connectivity index (χ3n) is 5.76. The fourth-order valence-electron chi connectivity index (χ4n) is 3.67. The molecule has 1 aromatic heterocycles. The molecule has 0 unspecified atom stereocenters. The van der Waals surface area contributed by atoms with E-state index >= 15 is 0 Å². The van der Waals surface area contributed by atoms with Gasteiger partial charge in [-0.2, -0.15) is 0 Å². The van der Waals surface area contributed by atoms with Crippen molar-refractivity contribution in [1.82, 2.24) is 20.7 Å². The van der Waals surface area contributed by atoms with Crippen LogP contribution in [0.25, 0.3) is 0 Å². The summed E-state index contributed by atoms with van der Waals surface area (Å²) in [4.78, 5) is 42.5. The van der Waals surface area contributed by atoms with E-state index in [0.29, 0.717) is 10.0 Å². The number of nitrogens with zero attached hydrogens (tertiary/aromatic N) is 2. The summed E-state index contributed by atoms with van der Waals surface area (Å²) >= 11 is 12.2. The summed E-state index contributed by atoms with van der Waals surface area (Å²) in [5.74, 6) is -2.15. The number of amides is 2. The van der Waals surface area contributed by atoms with Crippen LogP contribution in [0.1, 0.15) is 48.4 Å². The number of hydrogen-bond donors (Lipinski definition) is 2. The monoisotopic (exact) mass is 572 g/mol. The van der Waals surface area contributed by atoms with Gasteiger partial charge in [0.15, 0.2) is 11.4 Å². The summed E-state index contributed by atoms with van der Waals surface area (Å²) in [6.07, 6.45) is 1.35. The highest BCUT2D eigenvalue weighted by atomic mass is 35.5. The molecule has 3 aromatic rings. The molecule has 0 aliphatic carbocycles. The van der Waals surface area contributed by atoms with Gasteiger partial charge >= 0.3 is 5.97 Å². The van der Waals surface area contributed by atoms with Gasteiger partial charge < -0.3 is 14.8 Å². The number of carbonyl (C=O) groups excluding carboxylic acids is 3. The molecule has 1 heterocycles. The second-order valence-electron chi connectivity index (χ2n) is 9.05. The molecular formula is C28H30Cl2N4O5. The molecule has 0 saturated heterocycles. The summed E-state index contributed by atoms with van der Waals surface area (Å²) in [5.41, 5.74) is 4.39. The molecule has 0 fully saturated rings. The molecule has 0 aliphatic heterocycles. The Hall–Kier alpha value is -3.66. The lowest BCUT2D eigenvalue weighted by Gasteiger charge is -2.30. The van der Waals surface area contributed by atoms with E-state index in [1.807, 2.05) is 24.3 Å². The van der Waals surface area contributed by atoms with Crippen LogP contribution in [0.5, 0.6) is 11.5 Å². The number of benzene rings is 2. The zero-order valence-corrected chi connectivity index (χ0v) is 23.7. The molecule has 2 N–H and O–H groups in total. The van der Waals surface area contributed by atoms with Crippen molar-refractivity contribution < 1.29 is 23.9 Å². The largest absolute Gasteiger partial charge is 0.493 e. The quantitative estimate of drug-likeness (QED) is 0.264. The van der Waals surface area contributed by atoms with Gasteiger partial charge in [0.1, 0.15) is 6.04 Å². The number of ether oxygens (including phenoxy) is 2. The van der Waals surface area contributed by atoms with Gasteiger partial charge in [0.05, 0.1) is 19.1 Å². The Morgan fingerprint density at radius 3 is 1.92 bits per heavy atom. The minimum absolute atomic E-state index is 0.119. The van der Waals surface area contributed by atoms with E-state index in [0.717, 1.165) is 11.1 Å². The number of methoxy groups -OCH3 is 1. The van der Waals surface area contributed by atoms with Crippen molar-refractivity contribution in [2.24, 2.45) is 5.92 Å². The van der Waals surface area contributed by atoms with Crippen molar-refractivity contribution in [1.29, 1.82) is 0 Å². The summed E-state index contributed by atoms with van der Waals surface area (Å²) < 4.78 is 10.6. The first-order valence-corrected chi connectivity index (χ1v) is 12.9. The Morgan fingerprint density at radius 1 is 0.897 bits per heavy atom. The summed E-state index contributed by atoms with van der Waals surface area (Å²) in [6.45, 7) is 4.85. The average Bonchev–Trinajstić information content (AvgIpc) is 2.90. The number of hydrogen-bond acceptors (Lipinski definition) is 7. The topological polar surface area (TPSA) is 110 Å². The normalized spacial score (nSPS) is 11.8. The molecule has 0 radical (unpaired) electrons. The average molecular weight is 573 g/mol. The van der Waals surface area contributed by atoms with Crippen molar-refractivity contribution in [2.75, 3.05) is 14.2 Å². The van der Waals surface area contributed by atoms with Crippen LogP contribution < -0.4 is 20.2 Å². The van der Waals surface area contributed by atoms with Crippen LogP contribution in [-0.4, -0.2) is 48.0 Å². The molecule has 0 spiro atoms. The van der Waals surface area contributed by atoms with Crippen LogP contribution in [0.15, 0.2) is 60.8 Å². The van der Waals surface area contributed by atoms with Gasteiger partial charge in [-0.15, -0.1) is 0 Å². The van der Waals surface area contributed by atoms with Crippen molar-refractivity contribution in [3.05, 3.63) is 87.7 Å². The van der Waals surface area contributed by atoms with Crippen LogP contribution >= 0.6 is 23.2 Å². The molecule has 206 valence electrons. The molecule has 11 heteroatoms. The van der Waals surface area contributed by atoms with E-state index < -0.39 is 29.7 Å². The SMILES string of the molecule is COc1ccnc(C(=O)N[C@@H](C)C(=O)NN(C)C(c2ccc(Cl)cc2)c2ccc(Cl)cc2)c1OC(=O)C(C)C. The Balaban J connectivity index is 1.78. The van der Waals surface area contributed by atoms with E-state index in [2.05, 4.69) is 15.7 Å². The fraction of sp³-hybridized carbons (Fsp3) is 0.286. The van der Waals surface area contributed by atoms with Crippen molar-refractivity contribution >= 4 is 41.0 Å². The maximum Gasteiger partial charge on any atom is 0.313 e. The van der Waals surface area contributed by atoms with Gasteiger partial charge in [-0.05, 0) is 42.3 Å². The third kappa shape index (κ3) is 7.69. The van der Waals surface area contributed by atoms with Crippen LogP contribution in [0.2, 0.25) is 10.0 Å². The van der Waals surface area contributed by atoms with Gasteiger partial charge in [-0.3, -0.25) is 19.8 Å². The van der Waals surface area contributed by atoms with Crippen LogP contribution in [0, 0.1) is 5.92 Å². The van der Waals surface area contributed by atoms with Gasteiger partial charge in [0, 0.05) is 29.4 Å². The maximum atomic E-state index is 13.1. The number of hydrazine groups is 1. The molecule has 3 rings (SSSR count). The van der Waals surface area contributed by atoms with Crippen molar-refractivity contribution in [3.8, 4) is 11.5 Å². The molecule has 2 amide bonds. The highest BCUT2D eigenvalue weighted by Gasteiger charge is 2.27. The number of aromatic nitrogens is 1. The zero-order valence-electron chi connectivity index (χ0n) is 22.2. The van der Waals surface area contributed by atoms with E-state index in [1.165, 1.54) is 26.3 Å². The third-order valence-corrected chi connectivity index (χ3v) is 6.27. The lowest BCUT2D eigenvalue weighted by atomic mass is 9.98. The summed E-state index contributed by atoms with van der Waals surface area (Å²) in [7, 11) is 3.10. The Bertz CT molecular complexity index is 1270. The van der Waals surface area contributed by atoms with Gasteiger partial charge in [0.2, 0.25) is 5.75 Å². The van der Waals surface area contributed by atoms with Gasteiger partial charge in [0.25, 0.3) is 11.8 Å². The second kappa shape index (κ2) is 13.4. The zero-order chi connectivity index (χ0) is 28.7. The van der Waals surface area contributed by atoms with Crippen molar-refractivity contribution in [2.45, 2.75) is 32.9 Å². The van der Waals surface area contributed by atoms with Gasteiger partial charge in [-0.25, -0.2) is 9.99 Å². The molecule has 0 bridgehead atoms. The van der Waals surface area contributed by atoms with E-state index in [1.54, 1.807) is 50.2 Å².